The van der Waals surface area contributed by atoms with E-state index in [1.54, 1.807) is 12.1 Å². The molecule has 0 amide bonds. The van der Waals surface area contributed by atoms with Gasteiger partial charge in [-0.1, -0.05) is 51.1 Å². The molecule has 0 aliphatic carbocycles. The van der Waals surface area contributed by atoms with E-state index >= 15 is 0 Å². The topological polar surface area (TPSA) is 18.5 Å². The summed E-state index contributed by atoms with van der Waals surface area (Å²) in [6.07, 6.45) is -2.46. The molecule has 2 nitrogen and oxygen atoms in total. The van der Waals surface area contributed by atoms with Gasteiger partial charge in [0.2, 0.25) is 0 Å². The van der Waals surface area contributed by atoms with Crippen molar-refractivity contribution in [3.63, 3.8) is 0 Å². The lowest BCUT2D eigenvalue weighted by atomic mass is 10.0. The lowest BCUT2D eigenvalue weighted by Gasteiger charge is -2.22. The maximum absolute atomic E-state index is 13.7. The number of benzene rings is 2. The summed E-state index contributed by atoms with van der Waals surface area (Å²) >= 11 is 0. The van der Waals surface area contributed by atoms with Crippen LogP contribution >= 0.6 is 0 Å². The van der Waals surface area contributed by atoms with Crippen LogP contribution in [0.2, 0.25) is 0 Å². The van der Waals surface area contributed by atoms with Gasteiger partial charge >= 0.3 is 6.11 Å². The first-order valence-corrected chi connectivity index (χ1v) is 7.79. The van der Waals surface area contributed by atoms with Crippen molar-refractivity contribution in [1.82, 2.24) is 0 Å². The Morgan fingerprint density at radius 3 is 2.30 bits per heavy atom. The van der Waals surface area contributed by atoms with Crippen molar-refractivity contribution in [2.45, 2.75) is 39.9 Å². The zero-order valence-electron chi connectivity index (χ0n) is 13.7. The van der Waals surface area contributed by atoms with Gasteiger partial charge in [0.1, 0.15) is 11.5 Å². The first-order chi connectivity index (χ1) is 10.9. The van der Waals surface area contributed by atoms with Crippen molar-refractivity contribution in [2.24, 2.45) is 5.92 Å². The van der Waals surface area contributed by atoms with Crippen LogP contribution in [0.3, 0.4) is 0 Å². The van der Waals surface area contributed by atoms with Gasteiger partial charge in [-0.3, -0.25) is 0 Å². The molecule has 0 spiro atoms. The van der Waals surface area contributed by atoms with Crippen LogP contribution in [0.4, 0.5) is 8.78 Å². The number of halogens is 2. The van der Waals surface area contributed by atoms with Crippen LogP contribution in [-0.4, -0.2) is 6.11 Å². The largest absolute Gasteiger partial charge is 0.457 e. The molecule has 0 aromatic heterocycles. The highest BCUT2D eigenvalue weighted by Gasteiger charge is 2.34. The fourth-order valence-corrected chi connectivity index (χ4v) is 2.20. The summed E-state index contributed by atoms with van der Waals surface area (Å²) in [6, 6.07) is 14.8. The Kier molecular flexibility index (Phi) is 5.72. The minimum absolute atomic E-state index is 0.139. The summed E-state index contributed by atoms with van der Waals surface area (Å²) in [5, 5.41) is 0. The van der Waals surface area contributed by atoms with Gasteiger partial charge in [0, 0.05) is 11.5 Å². The third-order valence-corrected chi connectivity index (χ3v) is 3.65. The Hall–Kier alpha value is -1.94. The van der Waals surface area contributed by atoms with E-state index in [2.05, 4.69) is 0 Å². The van der Waals surface area contributed by atoms with Gasteiger partial charge < -0.3 is 9.47 Å². The lowest BCUT2D eigenvalue weighted by Crippen LogP contribution is -2.27. The molecule has 0 radical (unpaired) electrons. The Bertz CT molecular complexity index is 625. The molecular weight excluding hydrogens is 298 g/mol. The molecule has 0 fully saturated rings. The maximum atomic E-state index is 13.7. The van der Waals surface area contributed by atoms with E-state index < -0.39 is 12.0 Å². The van der Waals surface area contributed by atoms with Crippen molar-refractivity contribution in [1.29, 1.82) is 0 Å². The monoisotopic (exact) mass is 320 g/mol. The first-order valence-electron chi connectivity index (χ1n) is 7.79. The van der Waals surface area contributed by atoms with Crippen molar-refractivity contribution >= 4 is 0 Å². The second kappa shape index (κ2) is 7.55. The molecule has 0 saturated heterocycles. The minimum Gasteiger partial charge on any atom is -0.457 e. The van der Waals surface area contributed by atoms with Gasteiger partial charge in [-0.25, -0.2) is 0 Å². The highest BCUT2D eigenvalue weighted by molar-refractivity contribution is 5.42. The molecule has 23 heavy (non-hydrogen) atoms. The van der Waals surface area contributed by atoms with E-state index in [0.717, 1.165) is 11.1 Å². The fourth-order valence-electron chi connectivity index (χ4n) is 2.20. The third-order valence-electron chi connectivity index (χ3n) is 3.65. The van der Waals surface area contributed by atoms with E-state index in [-0.39, 0.29) is 6.61 Å². The van der Waals surface area contributed by atoms with Crippen LogP contribution in [0, 0.1) is 5.92 Å². The number of para-hydroxylation sites is 1. The zero-order chi connectivity index (χ0) is 16.9. The molecule has 0 aliphatic heterocycles. The minimum atomic E-state index is -3.14. The SMILES string of the molecule is CCc1c(COC(F)(F)C(C)C)cccc1Oc1ccccc1. The molecule has 2 aromatic rings. The molecule has 0 bridgehead atoms. The van der Waals surface area contributed by atoms with Crippen molar-refractivity contribution in [3.05, 3.63) is 59.7 Å². The normalized spacial score (nSPS) is 11.7. The van der Waals surface area contributed by atoms with Gasteiger partial charge in [0.15, 0.2) is 0 Å². The first kappa shape index (κ1) is 17.4. The van der Waals surface area contributed by atoms with E-state index in [9.17, 15) is 8.78 Å². The number of ether oxygens (including phenoxy) is 2. The molecule has 0 N–H and O–H groups in total. The molecule has 0 saturated carbocycles. The maximum Gasteiger partial charge on any atom is 0.358 e. The average Bonchev–Trinajstić information content (AvgIpc) is 2.54. The number of hydrogen-bond donors (Lipinski definition) is 0. The van der Waals surface area contributed by atoms with Gasteiger partial charge in [-0.15, -0.1) is 0 Å². The fraction of sp³-hybridized carbons (Fsp3) is 0.368. The van der Waals surface area contributed by atoms with Crippen LogP contribution in [0.25, 0.3) is 0 Å². The molecule has 0 aliphatic rings. The summed E-state index contributed by atoms with van der Waals surface area (Å²) in [5.74, 6) is 0.525. The Balaban J connectivity index is 2.19. The number of alkyl halides is 2. The summed E-state index contributed by atoms with van der Waals surface area (Å²) in [7, 11) is 0. The summed E-state index contributed by atoms with van der Waals surface area (Å²) in [4.78, 5) is 0. The summed E-state index contributed by atoms with van der Waals surface area (Å²) in [5.41, 5.74) is 1.61. The Labute approximate surface area is 136 Å². The molecule has 124 valence electrons. The van der Waals surface area contributed by atoms with Crippen LogP contribution in [0.5, 0.6) is 11.5 Å². The summed E-state index contributed by atoms with van der Waals surface area (Å²) < 4.78 is 38.0. The van der Waals surface area contributed by atoms with Crippen LogP contribution in [0.1, 0.15) is 31.9 Å². The zero-order valence-corrected chi connectivity index (χ0v) is 13.7. The molecule has 2 rings (SSSR count). The second-order valence-corrected chi connectivity index (χ2v) is 5.67. The molecule has 0 unspecified atom stereocenters. The number of rotatable bonds is 7. The highest BCUT2D eigenvalue weighted by atomic mass is 19.3. The molecular formula is C19H22F2O2. The highest BCUT2D eigenvalue weighted by Crippen LogP contribution is 2.31. The van der Waals surface area contributed by atoms with Crippen molar-refractivity contribution in [2.75, 3.05) is 0 Å². The smallest absolute Gasteiger partial charge is 0.358 e. The van der Waals surface area contributed by atoms with E-state index in [1.165, 1.54) is 13.8 Å². The van der Waals surface area contributed by atoms with E-state index in [1.807, 2.05) is 43.3 Å². The van der Waals surface area contributed by atoms with Crippen LogP contribution < -0.4 is 4.74 Å². The van der Waals surface area contributed by atoms with Crippen LogP contribution in [-0.2, 0) is 17.8 Å². The van der Waals surface area contributed by atoms with E-state index in [0.29, 0.717) is 17.9 Å². The van der Waals surface area contributed by atoms with Gasteiger partial charge in [0.25, 0.3) is 0 Å². The lowest BCUT2D eigenvalue weighted by molar-refractivity contribution is -0.271. The van der Waals surface area contributed by atoms with Crippen molar-refractivity contribution < 1.29 is 18.3 Å². The predicted octanol–water partition coefficient (Wildman–Crippen LogP) is 5.81. The van der Waals surface area contributed by atoms with Gasteiger partial charge in [-0.2, -0.15) is 8.78 Å². The standard InChI is InChI=1S/C19H22F2O2/c1-4-17-15(13-22-19(20,21)14(2)3)9-8-12-18(17)23-16-10-6-5-7-11-16/h5-12,14H,4,13H2,1-3H3. The summed E-state index contributed by atoms with van der Waals surface area (Å²) in [6.45, 7) is 4.71. The van der Waals surface area contributed by atoms with E-state index in [4.69, 9.17) is 9.47 Å². The molecule has 2 aromatic carbocycles. The average molecular weight is 320 g/mol. The molecule has 4 heteroatoms. The van der Waals surface area contributed by atoms with Gasteiger partial charge in [-0.05, 0) is 30.2 Å². The Morgan fingerprint density at radius 1 is 1.00 bits per heavy atom. The van der Waals surface area contributed by atoms with Crippen LogP contribution in [0.15, 0.2) is 48.5 Å². The quantitative estimate of drug-likeness (QED) is 0.641. The second-order valence-electron chi connectivity index (χ2n) is 5.67. The van der Waals surface area contributed by atoms with Gasteiger partial charge in [0.05, 0.1) is 6.61 Å². The van der Waals surface area contributed by atoms with Crippen molar-refractivity contribution in [3.8, 4) is 11.5 Å². The predicted molar refractivity (Wildman–Crippen MR) is 86.9 cm³/mol. The number of hydrogen-bond acceptors (Lipinski definition) is 2. The Morgan fingerprint density at radius 2 is 1.70 bits per heavy atom. The molecule has 0 heterocycles. The third kappa shape index (κ3) is 4.52. The molecule has 0 atom stereocenters.